The summed E-state index contributed by atoms with van der Waals surface area (Å²) in [5.74, 6) is -6.02. The van der Waals surface area contributed by atoms with Crippen molar-refractivity contribution in [2.24, 2.45) is 10.8 Å². The van der Waals surface area contributed by atoms with Crippen LogP contribution in [0.25, 0.3) is 0 Å². The average Bonchev–Trinajstić information content (AvgIpc) is 3.90. The molecule has 4 atom stereocenters. The third-order valence-corrected chi connectivity index (χ3v) is 17.2. The van der Waals surface area contributed by atoms with Gasteiger partial charge in [0.15, 0.2) is 10.5 Å². The zero-order valence-corrected chi connectivity index (χ0v) is 55.6. The minimum atomic E-state index is -5.14. The first-order chi connectivity index (χ1) is 40.3. The van der Waals surface area contributed by atoms with Crippen LogP contribution >= 0.6 is 0 Å². The van der Waals surface area contributed by atoms with Gasteiger partial charge in [0, 0.05) is 12.8 Å². The molecule has 0 aromatic carbocycles. The van der Waals surface area contributed by atoms with E-state index in [1.54, 1.807) is 0 Å². The maximum Gasteiger partial charge on any atom is 2.00 e. The Bertz CT molecular complexity index is 1960. The van der Waals surface area contributed by atoms with E-state index in [1.807, 2.05) is 0 Å². The van der Waals surface area contributed by atoms with Gasteiger partial charge < -0.3 is 47.7 Å². The van der Waals surface area contributed by atoms with E-state index < -0.39 is 143 Å². The van der Waals surface area contributed by atoms with Crippen molar-refractivity contribution in [3.63, 3.8) is 0 Å². The molecule has 0 amide bonds. The smallest absolute Gasteiger partial charge is 0.747 e. The third-order valence-electron chi connectivity index (χ3n) is 15.1. The zero-order valence-electron chi connectivity index (χ0n) is 51.8. The van der Waals surface area contributed by atoms with Gasteiger partial charge in [-0.15, -0.1) is 0 Å². The fourth-order valence-electron chi connectivity index (χ4n) is 9.36. The molecule has 0 saturated carbocycles. The molecular formula is C62H106CaO20S2. The molecule has 2 fully saturated rings. The minimum absolute atomic E-state index is 0. The van der Waals surface area contributed by atoms with E-state index in [-0.39, 0.29) is 50.6 Å². The van der Waals surface area contributed by atoms with Crippen LogP contribution < -0.4 is 0 Å². The molecule has 0 radical (unpaired) electrons. The molecule has 0 spiro atoms. The van der Waals surface area contributed by atoms with Crippen molar-refractivity contribution in [2.75, 3.05) is 52.9 Å². The number of rotatable bonds is 46. The summed E-state index contributed by atoms with van der Waals surface area (Å²) < 4.78 is 97.9. The molecular weight excluding hydrogens is 1170 g/mol. The van der Waals surface area contributed by atoms with Gasteiger partial charge >= 0.3 is 73.6 Å². The molecule has 0 bridgehead atoms. The Balaban J connectivity index is 0.00000164. The molecule has 2 aliphatic heterocycles. The van der Waals surface area contributed by atoms with Crippen LogP contribution in [0, 0.1) is 10.8 Å². The Kier molecular flexibility index (Phi) is 49.5. The number of aliphatic hydroxyl groups is 2. The quantitative estimate of drug-likeness (QED) is 0.0143. The van der Waals surface area contributed by atoms with Crippen LogP contribution in [0.15, 0.2) is 24.3 Å². The maximum atomic E-state index is 12.2. The number of esters is 6. The van der Waals surface area contributed by atoms with Crippen LogP contribution in [0.3, 0.4) is 0 Å². The molecule has 4 unspecified atom stereocenters. The monoisotopic (exact) mass is 1270 g/mol. The summed E-state index contributed by atoms with van der Waals surface area (Å²) in [6.45, 7) is 0.286. The second kappa shape index (κ2) is 51.1. The largest absolute Gasteiger partial charge is 2.00 e. The Morgan fingerprint density at radius 1 is 0.447 bits per heavy atom. The molecule has 0 aliphatic carbocycles. The van der Waals surface area contributed by atoms with Crippen molar-refractivity contribution in [1.82, 2.24) is 0 Å². The summed E-state index contributed by atoms with van der Waals surface area (Å²) in [6, 6.07) is 0. The van der Waals surface area contributed by atoms with Crippen LogP contribution in [0.4, 0.5) is 0 Å². The molecule has 2 aliphatic rings. The topological polar surface area (TPSA) is 313 Å². The normalized spacial score (nSPS) is 19.8. The van der Waals surface area contributed by atoms with Crippen molar-refractivity contribution in [2.45, 2.75) is 268 Å². The van der Waals surface area contributed by atoms with Gasteiger partial charge in [0.25, 0.3) is 0 Å². The Morgan fingerprint density at radius 3 is 0.953 bits per heavy atom. The third kappa shape index (κ3) is 42.8. The van der Waals surface area contributed by atoms with Gasteiger partial charge in [-0.25, -0.2) is 16.8 Å². The predicted molar refractivity (Wildman–Crippen MR) is 323 cm³/mol. The second-order valence-corrected chi connectivity index (χ2v) is 26.2. The number of hydrogen-bond acceptors (Lipinski definition) is 20. The molecule has 2 rings (SSSR count). The molecule has 20 nitrogen and oxygen atoms in total. The Labute approximate surface area is 539 Å². The van der Waals surface area contributed by atoms with Crippen LogP contribution in [0.1, 0.15) is 258 Å². The first-order valence-corrected chi connectivity index (χ1v) is 34.6. The predicted octanol–water partition coefficient (Wildman–Crippen LogP) is 10.6. The van der Waals surface area contributed by atoms with E-state index in [9.17, 15) is 64.9 Å². The summed E-state index contributed by atoms with van der Waals surface area (Å²) in [5, 5.41) is 15.2. The van der Waals surface area contributed by atoms with Gasteiger partial charge in [-0.05, 0) is 64.2 Å². The molecule has 488 valence electrons. The number of unbranched alkanes of at least 4 members (excludes halogenated alkanes) is 30. The van der Waals surface area contributed by atoms with Crippen molar-refractivity contribution >= 4 is 93.8 Å². The molecule has 85 heavy (non-hydrogen) atoms. The van der Waals surface area contributed by atoms with Crippen molar-refractivity contribution in [1.29, 1.82) is 0 Å². The van der Waals surface area contributed by atoms with Crippen molar-refractivity contribution in [3.05, 3.63) is 24.3 Å². The van der Waals surface area contributed by atoms with E-state index >= 15 is 0 Å². The van der Waals surface area contributed by atoms with E-state index in [1.165, 1.54) is 154 Å². The summed E-state index contributed by atoms with van der Waals surface area (Å²) in [5.41, 5.74) is -2.91. The number of carbonyl (C=O) groups is 6. The van der Waals surface area contributed by atoms with Gasteiger partial charge in [-0.3, -0.25) is 28.8 Å². The molecule has 2 heterocycles. The first kappa shape index (κ1) is 82.3. The number of carbonyl (C=O) groups excluding carboxylic acids is 6. The Morgan fingerprint density at radius 2 is 0.694 bits per heavy atom. The van der Waals surface area contributed by atoms with E-state index in [4.69, 9.17) is 28.4 Å². The van der Waals surface area contributed by atoms with Gasteiger partial charge in [0.2, 0.25) is 0 Å². The summed E-state index contributed by atoms with van der Waals surface area (Å²) in [6.07, 6.45) is 48.5. The first-order valence-electron chi connectivity index (χ1n) is 31.6. The second-order valence-electron chi connectivity index (χ2n) is 23.0. The Hall–Kier alpha value is -2.70. The number of ether oxygens (including phenoxy) is 6. The molecule has 0 aromatic heterocycles. The fourth-order valence-corrected chi connectivity index (χ4v) is 10.6. The van der Waals surface area contributed by atoms with Gasteiger partial charge in [-0.2, -0.15) is 0 Å². The zero-order chi connectivity index (χ0) is 62.2. The van der Waals surface area contributed by atoms with Gasteiger partial charge in [0.05, 0.1) is 36.9 Å². The molecule has 0 aromatic rings. The van der Waals surface area contributed by atoms with Crippen molar-refractivity contribution in [3.8, 4) is 0 Å². The summed E-state index contributed by atoms with van der Waals surface area (Å²) >= 11 is 0. The molecule has 23 heteroatoms. The number of hydrogen-bond donors (Lipinski definition) is 2. The standard InChI is InChI=1S/2C31H54O10S.Ca/c2*1-2-3-4-5-6-7-8-9-10-11-12-13-14-15-16-17-18-19-20-21-28(33)39-24-31(23-32)25-40-29(34)22-27(42(36,37)38)30(35)41-26-31;/h2*11-12,27,32H,2-10,13-26H2,1H3,(H,36,37,38);/q;;+2/p-2/b2*12-11-;. The average molecular weight is 1280 g/mol. The number of allylic oxidation sites excluding steroid dienone is 4. The van der Waals surface area contributed by atoms with Gasteiger partial charge in [0.1, 0.15) is 59.9 Å². The van der Waals surface area contributed by atoms with Crippen molar-refractivity contribution < 1.29 is 93.3 Å². The van der Waals surface area contributed by atoms with Crippen LogP contribution in [-0.2, 0) is 77.4 Å². The van der Waals surface area contributed by atoms with Gasteiger partial charge in [-0.1, -0.05) is 192 Å². The fraction of sp³-hybridized carbons (Fsp3) is 0.839. The van der Waals surface area contributed by atoms with Crippen LogP contribution in [0.2, 0.25) is 0 Å². The maximum absolute atomic E-state index is 12.2. The number of cyclic esters (lactones) is 4. The minimum Gasteiger partial charge on any atom is -0.747 e. The van der Waals surface area contributed by atoms with Crippen LogP contribution in [0.5, 0.6) is 0 Å². The molecule has 2 saturated heterocycles. The van der Waals surface area contributed by atoms with E-state index in [0.29, 0.717) is 12.8 Å². The van der Waals surface area contributed by atoms with Crippen LogP contribution in [-0.4, -0.2) is 173 Å². The van der Waals surface area contributed by atoms with E-state index in [2.05, 4.69) is 38.2 Å². The number of aliphatic hydroxyl groups excluding tert-OH is 2. The SMILES string of the molecule is CCCCCCCCCC/C=C\CCCCCCCCCC(=O)OCC1(CO)COC(=O)CC(S(=O)(=O)[O-])C(=O)OC1.CCCCCCCCCC/C=C\CCCCCCCCCC(=O)OCC1(CO)COC(=O)CC(S(=O)(=O)[O-])C(=O)OC1.[Ca+2]. The van der Waals surface area contributed by atoms with E-state index in [0.717, 1.165) is 51.4 Å². The molecule has 2 N–H and O–H groups in total. The summed E-state index contributed by atoms with van der Waals surface area (Å²) in [7, 11) is -10.3. The summed E-state index contributed by atoms with van der Waals surface area (Å²) in [4.78, 5) is 72.3.